The van der Waals surface area contributed by atoms with Gasteiger partial charge in [-0.3, -0.25) is 9.59 Å². The zero-order chi connectivity index (χ0) is 24.9. The zero-order valence-corrected chi connectivity index (χ0v) is 21.5. The number of methoxy groups -OCH3 is 1. The van der Waals surface area contributed by atoms with Gasteiger partial charge in [0.1, 0.15) is 5.82 Å². The minimum Gasteiger partial charge on any atom is -0.469 e. The number of fused-ring (bicyclic) bond motifs is 1. The molecule has 5 nitrogen and oxygen atoms in total. The molecular formula is C27H29Cl2FN2O3. The van der Waals surface area contributed by atoms with Crippen LogP contribution >= 0.6 is 23.2 Å². The monoisotopic (exact) mass is 518 g/mol. The van der Waals surface area contributed by atoms with Gasteiger partial charge in [0.05, 0.1) is 24.5 Å². The van der Waals surface area contributed by atoms with E-state index in [9.17, 15) is 14.0 Å². The summed E-state index contributed by atoms with van der Waals surface area (Å²) in [4.78, 5) is 26.9. The van der Waals surface area contributed by atoms with E-state index >= 15 is 0 Å². The lowest BCUT2D eigenvalue weighted by Gasteiger charge is -2.34. The molecule has 1 unspecified atom stereocenters. The number of halogens is 3. The van der Waals surface area contributed by atoms with E-state index in [2.05, 4.69) is 6.07 Å². The van der Waals surface area contributed by atoms with E-state index in [-0.39, 0.29) is 23.6 Å². The number of carbonyl (C=O) groups excluding carboxylic acids is 2. The molecule has 8 heteroatoms. The molecule has 1 aromatic heterocycles. The summed E-state index contributed by atoms with van der Waals surface area (Å²) in [6, 6.07) is 5.59. The standard InChI is InChI=1S/C27H29Cl2FN2O3/c1-31-18(14-21-23(30)11-17(12-24(21)31)15-3-4-15)13-20-22(28)6-5-19(25(20)29)26(33)32-9-7-16(8-10-32)27(34)35-2/h6,11-12,14-16,19H,3-5,7-10,13H2,1-2H3. The van der Waals surface area contributed by atoms with Crippen LogP contribution in [0.4, 0.5) is 4.39 Å². The quantitative estimate of drug-likeness (QED) is 0.471. The molecule has 1 saturated carbocycles. The van der Waals surface area contributed by atoms with E-state index in [1.807, 2.05) is 23.8 Å². The minimum absolute atomic E-state index is 0.0478. The normalized spacial score (nSPS) is 21.5. The maximum atomic E-state index is 14.9. The highest BCUT2D eigenvalue weighted by molar-refractivity contribution is 6.37. The van der Waals surface area contributed by atoms with Gasteiger partial charge in [0.25, 0.3) is 0 Å². The molecule has 1 aliphatic heterocycles. The molecule has 1 aromatic carbocycles. The summed E-state index contributed by atoms with van der Waals surface area (Å²) in [5.41, 5.74) is 3.50. The van der Waals surface area contributed by atoms with Crippen LogP contribution in [0.15, 0.2) is 39.9 Å². The first-order valence-corrected chi connectivity index (χ1v) is 12.9. The Morgan fingerprint density at radius 2 is 1.83 bits per heavy atom. The number of rotatable bonds is 5. The van der Waals surface area contributed by atoms with Crippen molar-refractivity contribution in [1.29, 1.82) is 0 Å². The van der Waals surface area contributed by atoms with Crippen molar-refractivity contribution in [2.75, 3.05) is 20.2 Å². The van der Waals surface area contributed by atoms with E-state index in [4.69, 9.17) is 27.9 Å². The smallest absolute Gasteiger partial charge is 0.308 e. The molecule has 1 saturated heterocycles. The van der Waals surface area contributed by atoms with E-state index in [0.717, 1.165) is 29.6 Å². The van der Waals surface area contributed by atoms with Crippen LogP contribution in [0.2, 0.25) is 0 Å². The molecule has 0 bridgehead atoms. The number of piperidine rings is 1. The molecule has 35 heavy (non-hydrogen) atoms. The number of hydrogen-bond donors (Lipinski definition) is 0. The van der Waals surface area contributed by atoms with Gasteiger partial charge < -0.3 is 14.2 Å². The fourth-order valence-electron chi connectivity index (χ4n) is 5.34. The molecule has 5 rings (SSSR count). The van der Waals surface area contributed by atoms with Crippen molar-refractivity contribution in [3.63, 3.8) is 0 Å². The molecule has 2 heterocycles. The molecule has 1 atom stereocenters. The highest BCUT2D eigenvalue weighted by atomic mass is 35.5. The second-order valence-corrected chi connectivity index (χ2v) is 10.7. The third kappa shape index (κ3) is 4.63. The predicted octanol–water partition coefficient (Wildman–Crippen LogP) is 5.78. The lowest BCUT2D eigenvalue weighted by Crippen LogP contribution is -2.43. The van der Waals surface area contributed by atoms with Crippen molar-refractivity contribution in [1.82, 2.24) is 9.47 Å². The van der Waals surface area contributed by atoms with Gasteiger partial charge >= 0.3 is 5.97 Å². The number of nitrogens with zero attached hydrogens (tertiary/aromatic N) is 2. The van der Waals surface area contributed by atoms with Crippen LogP contribution in [-0.4, -0.2) is 41.5 Å². The Morgan fingerprint density at radius 3 is 2.49 bits per heavy atom. The number of aromatic nitrogens is 1. The maximum Gasteiger partial charge on any atom is 0.308 e. The van der Waals surface area contributed by atoms with Gasteiger partial charge in [-0.25, -0.2) is 4.39 Å². The van der Waals surface area contributed by atoms with Crippen molar-refractivity contribution in [3.05, 3.63) is 57.0 Å². The number of aryl methyl sites for hydroxylation is 1. The van der Waals surface area contributed by atoms with E-state index in [0.29, 0.717) is 65.7 Å². The average molecular weight is 519 g/mol. The van der Waals surface area contributed by atoms with E-state index < -0.39 is 5.92 Å². The summed E-state index contributed by atoms with van der Waals surface area (Å²) < 4.78 is 21.7. The van der Waals surface area contributed by atoms with Gasteiger partial charge in [0.15, 0.2) is 0 Å². The Kier molecular flexibility index (Phi) is 6.71. The first kappa shape index (κ1) is 24.4. The first-order chi connectivity index (χ1) is 16.8. The largest absolute Gasteiger partial charge is 0.469 e. The highest BCUT2D eigenvalue weighted by Crippen LogP contribution is 2.42. The van der Waals surface area contributed by atoms with E-state index in [1.54, 1.807) is 11.0 Å². The van der Waals surface area contributed by atoms with Gasteiger partial charge in [0, 0.05) is 47.7 Å². The van der Waals surface area contributed by atoms with Gasteiger partial charge in [-0.05, 0) is 67.4 Å². The lowest BCUT2D eigenvalue weighted by molar-refractivity contribution is -0.149. The second-order valence-electron chi connectivity index (χ2n) is 9.87. The fourth-order valence-corrected chi connectivity index (χ4v) is 6.00. The third-order valence-electron chi connectivity index (χ3n) is 7.69. The fraction of sp³-hybridized carbons (Fsp3) is 0.481. The number of hydrogen-bond acceptors (Lipinski definition) is 3. The Hall–Kier alpha value is -2.31. The molecule has 186 valence electrons. The topological polar surface area (TPSA) is 51.5 Å². The average Bonchev–Trinajstić information content (AvgIpc) is 3.66. The molecule has 0 N–H and O–H groups in total. The molecule has 0 radical (unpaired) electrons. The molecule has 1 amide bonds. The minimum atomic E-state index is -0.503. The summed E-state index contributed by atoms with van der Waals surface area (Å²) in [5, 5.41) is 1.57. The highest BCUT2D eigenvalue weighted by Gasteiger charge is 2.35. The summed E-state index contributed by atoms with van der Waals surface area (Å²) >= 11 is 13.4. The Balaban J connectivity index is 1.37. The van der Waals surface area contributed by atoms with Crippen LogP contribution in [0.25, 0.3) is 10.9 Å². The van der Waals surface area contributed by atoms with Gasteiger partial charge in [0.2, 0.25) is 5.91 Å². The van der Waals surface area contributed by atoms with Crippen LogP contribution in [0.3, 0.4) is 0 Å². The molecule has 0 spiro atoms. The molecule has 2 aliphatic carbocycles. The number of esters is 1. The van der Waals surface area contributed by atoms with Gasteiger partial charge in [-0.2, -0.15) is 0 Å². The number of ether oxygens (including phenoxy) is 1. The van der Waals surface area contributed by atoms with Gasteiger partial charge in [-0.1, -0.05) is 29.3 Å². The van der Waals surface area contributed by atoms with Crippen LogP contribution in [0.1, 0.15) is 49.3 Å². The van der Waals surface area contributed by atoms with Crippen molar-refractivity contribution in [3.8, 4) is 0 Å². The Morgan fingerprint density at radius 1 is 1.11 bits per heavy atom. The predicted molar refractivity (Wildman–Crippen MR) is 135 cm³/mol. The summed E-state index contributed by atoms with van der Waals surface area (Å²) in [5.74, 6) is -0.686. The molecule has 3 aliphatic rings. The summed E-state index contributed by atoms with van der Waals surface area (Å²) in [6.45, 7) is 0.996. The van der Waals surface area contributed by atoms with Crippen LogP contribution in [0, 0.1) is 17.7 Å². The first-order valence-electron chi connectivity index (χ1n) is 12.2. The van der Waals surface area contributed by atoms with Crippen molar-refractivity contribution in [2.24, 2.45) is 18.9 Å². The number of allylic oxidation sites excluding steroid dienone is 3. The molecule has 2 fully saturated rings. The van der Waals surface area contributed by atoms with Crippen molar-refractivity contribution >= 4 is 46.0 Å². The van der Waals surface area contributed by atoms with Crippen LogP contribution in [0.5, 0.6) is 0 Å². The summed E-state index contributed by atoms with van der Waals surface area (Å²) in [7, 11) is 3.32. The second kappa shape index (κ2) is 9.62. The SMILES string of the molecule is COC(=O)C1CCN(C(=O)C2CC=C(Cl)C(Cc3cc4c(F)cc(C5CC5)cc4n3C)=C2Cl)CC1. The number of likely N-dealkylation sites (tertiary alicyclic amines) is 1. The molecular weight excluding hydrogens is 490 g/mol. The van der Waals surface area contributed by atoms with E-state index in [1.165, 1.54) is 7.11 Å². The zero-order valence-electron chi connectivity index (χ0n) is 20.0. The third-order valence-corrected chi connectivity index (χ3v) is 8.57. The van der Waals surface area contributed by atoms with Crippen LogP contribution in [-0.2, 0) is 27.8 Å². The summed E-state index contributed by atoms with van der Waals surface area (Å²) in [6.07, 6.45) is 6.08. The van der Waals surface area contributed by atoms with Crippen molar-refractivity contribution in [2.45, 2.75) is 44.4 Å². The van der Waals surface area contributed by atoms with Crippen molar-refractivity contribution < 1.29 is 18.7 Å². The number of amides is 1. The molecule has 2 aromatic rings. The number of benzene rings is 1. The Bertz CT molecular complexity index is 1250. The van der Waals surface area contributed by atoms with Crippen LogP contribution < -0.4 is 0 Å². The number of carbonyl (C=O) groups is 2. The van der Waals surface area contributed by atoms with Gasteiger partial charge in [-0.15, -0.1) is 0 Å². The Labute approximate surface area is 214 Å². The lowest BCUT2D eigenvalue weighted by atomic mass is 9.90. The maximum absolute atomic E-state index is 14.9.